The molecule has 2 aliphatic rings. The molecule has 1 atom stereocenters. The summed E-state index contributed by atoms with van der Waals surface area (Å²) < 4.78 is 6.09. The van der Waals surface area contributed by atoms with Crippen molar-refractivity contribution in [1.82, 2.24) is 21.3 Å². The molecule has 1 unspecified atom stereocenters. The number of halogens is 2. The number of hydrogen-bond acceptors (Lipinski definition) is 9. The third kappa shape index (κ3) is 10.6. The van der Waals surface area contributed by atoms with Crippen molar-refractivity contribution in [2.75, 3.05) is 23.7 Å². The van der Waals surface area contributed by atoms with Gasteiger partial charge in [0.1, 0.15) is 0 Å². The lowest BCUT2D eigenvalue weighted by molar-refractivity contribution is -0.136. The van der Waals surface area contributed by atoms with E-state index in [0.29, 0.717) is 38.9 Å². The Labute approximate surface area is 324 Å². The third-order valence-electron chi connectivity index (χ3n) is 8.89. The number of aryl methyl sites for hydroxylation is 1. The van der Waals surface area contributed by atoms with Gasteiger partial charge in [-0.05, 0) is 97.0 Å². The van der Waals surface area contributed by atoms with E-state index in [2.05, 4.69) is 36.9 Å². The van der Waals surface area contributed by atoms with Crippen LogP contribution in [0.4, 0.5) is 11.4 Å². The van der Waals surface area contributed by atoms with E-state index in [1.165, 1.54) is 0 Å². The van der Waals surface area contributed by atoms with Crippen LogP contribution in [0, 0.1) is 12.3 Å². The van der Waals surface area contributed by atoms with Crippen LogP contribution in [0.5, 0.6) is 0 Å². The molecule has 6 N–H and O–H groups in total. The monoisotopic (exact) mass is 768 g/mol. The Morgan fingerprint density at radius 2 is 1.48 bits per heavy atom. The molecule has 0 spiro atoms. The van der Waals surface area contributed by atoms with E-state index in [0.717, 1.165) is 29.5 Å². The number of hydrogen-bond donors (Lipinski definition) is 6. The zero-order valence-electron chi connectivity index (χ0n) is 30.1. The Bertz CT molecular complexity index is 2050. The molecule has 0 saturated heterocycles. The van der Waals surface area contributed by atoms with Crippen LogP contribution in [0.25, 0.3) is 0 Å². The second-order valence-electron chi connectivity index (χ2n) is 14.1. The second kappa shape index (κ2) is 16.7. The fourth-order valence-corrected chi connectivity index (χ4v) is 5.92. The van der Waals surface area contributed by atoms with Crippen LogP contribution in [-0.2, 0) is 26.5 Å². The summed E-state index contributed by atoms with van der Waals surface area (Å²) in [6.45, 7) is 6.39. The van der Waals surface area contributed by atoms with Crippen LogP contribution < -0.4 is 31.9 Å². The number of carbonyl (C=O) groups is 3. The summed E-state index contributed by atoms with van der Waals surface area (Å²) in [4.78, 5) is 47.1. The summed E-state index contributed by atoms with van der Waals surface area (Å²) in [7, 11) is 0. The summed E-state index contributed by atoms with van der Waals surface area (Å²) >= 11 is 12.3. The lowest BCUT2D eigenvalue weighted by Crippen LogP contribution is -2.51. The molecule has 3 amide bonds. The summed E-state index contributed by atoms with van der Waals surface area (Å²) in [5.41, 5.74) is 3.87. The van der Waals surface area contributed by atoms with Crippen molar-refractivity contribution in [3.8, 4) is 0 Å². The number of rotatable bonds is 12. The van der Waals surface area contributed by atoms with Gasteiger partial charge in [-0.15, -0.1) is 0 Å². The molecule has 4 aromatic rings. The highest BCUT2D eigenvalue weighted by Gasteiger charge is 2.45. The number of guanidine groups is 2. The van der Waals surface area contributed by atoms with E-state index in [-0.39, 0.29) is 31.1 Å². The Morgan fingerprint density at radius 1 is 0.815 bits per heavy atom. The number of aliphatic imine (C=N–C) groups is 2. The zero-order valence-corrected chi connectivity index (χ0v) is 31.6. The van der Waals surface area contributed by atoms with Gasteiger partial charge >= 0.3 is 11.8 Å². The van der Waals surface area contributed by atoms with Crippen molar-refractivity contribution >= 4 is 64.2 Å². The molecule has 14 heteroatoms. The number of carbonyl (C=O) groups excluding carboxylic acids is 3. The van der Waals surface area contributed by atoms with Crippen molar-refractivity contribution < 1.29 is 19.1 Å². The lowest BCUT2D eigenvalue weighted by Gasteiger charge is -2.27. The van der Waals surface area contributed by atoms with Crippen molar-refractivity contribution in [2.24, 2.45) is 15.4 Å². The number of ether oxygens (including phenoxy) is 1. The van der Waals surface area contributed by atoms with Gasteiger partial charge in [0.2, 0.25) is 11.9 Å². The van der Waals surface area contributed by atoms with Gasteiger partial charge in [-0.2, -0.15) is 9.98 Å². The Balaban J connectivity index is 1.03. The Kier molecular flexibility index (Phi) is 11.9. The number of anilines is 2. The minimum atomic E-state index is -0.850. The molecular weight excluding hydrogens is 727 g/mol. The zero-order chi connectivity index (χ0) is 38.3. The molecule has 4 aromatic carbocycles. The maximum atomic E-state index is 13.1. The lowest BCUT2D eigenvalue weighted by atomic mass is 9.93. The van der Waals surface area contributed by atoms with E-state index >= 15 is 0 Å². The van der Waals surface area contributed by atoms with E-state index in [9.17, 15) is 14.4 Å². The quantitative estimate of drug-likeness (QED) is 0.0922. The fraction of sp³-hybridized carbons (Fsp3) is 0.275. The van der Waals surface area contributed by atoms with Crippen LogP contribution in [0.3, 0.4) is 0 Å². The van der Waals surface area contributed by atoms with Crippen LogP contribution in [-0.4, -0.2) is 49.1 Å². The summed E-state index contributed by atoms with van der Waals surface area (Å²) in [6, 6.07) is 29.3. The van der Waals surface area contributed by atoms with Gasteiger partial charge in [-0.3, -0.25) is 19.7 Å². The maximum Gasteiger partial charge on any atom is 0.313 e. The molecule has 0 bridgehead atoms. The third-order valence-corrected chi connectivity index (χ3v) is 9.38. The van der Waals surface area contributed by atoms with Crippen molar-refractivity contribution in [2.45, 2.75) is 52.1 Å². The summed E-state index contributed by atoms with van der Waals surface area (Å²) in [6.07, 6.45) is 0.992. The van der Waals surface area contributed by atoms with E-state index in [1.807, 2.05) is 75.4 Å². The van der Waals surface area contributed by atoms with Crippen LogP contribution >= 0.6 is 23.2 Å². The first-order chi connectivity index (χ1) is 25.8. The summed E-state index contributed by atoms with van der Waals surface area (Å²) in [5, 5.41) is 19.5. The second-order valence-corrected chi connectivity index (χ2v) is 15.0. The predicted octanol–water partition coefficient (Wildman–Crippen LogP) is 6.32. The molecule has 1 saturated carbocycles. The highest BCUT2D eigenvalue weighted by Crippen LogP contribution is 2.45. The first-order valence-electron chi connectivity index (χ1n) is 17.5. The van der Waals surface area contributed by atoms with Gasteiger partial charge < -0.3 is 31.3 Å². The van der Waals surface area contributed by atoms with Crippen LogP contribution in [0.15, 0.2) is 107 Å². The van der Waals surface area contributed by atoms with Gasteiger partial charge in [-0.1, -0.05) is 79.0 Å². The topological polar surface area (TPSA) is 157 Å². The number of benzene rings is 4. The normalized spacial score (nSPS) is 15.8. The van der Waals surface area contributed by atoms with Gasteiger partial charge in [0.05, 0.1) is 12.1 Å². The van der Waals surface area contributed by atoms with E-state index in [4.69, 9.17) is 32.9 Å². The van der Waals surface area contributed by atoms with Crippen molar-refractivity contribution in [1.29, 1.82) is 0 Å². The molecule has 1 aliphatic heterocycles. The molecule has 6 rings (SSSR count). The number of nitrogens with zero attached hydrogens (tertiary/aromatic N) is 2. The van der Waals surface area contributed by atoms with Crippen molar-refractivity contribution in [3.05, 3.63) is 129 Å². The first-order valence-corrected chi connectivity index (χ1v) is 18.2. The van der Waals surface area contributed by atoms with Gasteiger partial charge in [0.25, 0.3) is 12.3 Å². The molecule has 1 heterocycles. The van der Waals surface area contributed by atoms with E-state index in [1.54, 1.807) is 42.5 Å². The standard InChI is InChI=1S/C40H42Cl2N8O4/c1-25-7-15-31(16-8-25)45-35(53)34(52)44-24-39(2,3)23-43-33(51)27-9-17-32(18-10-27)46-36-47-37(50-40(19-20-40)28-11-13-29(41)14-12-28)49-38(48-36)54-22-26-5-4-6-30(42)21-26/h4-18,21,38H,19-20,22-24H2,1-3H3,(H,43,51)(H,44,52)(H,45,53)(H3,46,47,48,49,50). The predicted molar refractivity (Wildman–Crippen MR) is 213 cm³/mol. The molecule has 0 radical (unpaired) electrons. The maximum absolute atomic E-state index is 13.1. The molecule has 1 fully saturated rings. The minimum absolute atomic E-state index is 0.177. The summed E-state index contributed by atoms with van der Waals surface area (Å²) in [5.74, 6) is -0.887. The van der Waals surface area contributed by atoms with Crippen molar-refractivity contribution in [3.63, 3.8) is 0 Å². The fourth-order valence-electron chi connectivity index (χ4n) is 5.58. The highest BCUT2D eigenvalue weighted by molar-refractivity contribution is 6.39. The molecule has 1 aliphatic carbocycles. The molecule has 0 aromatic heterocycles. The minimum Gasteiger partial charge on any atom is -0.351 e. The largest absolute Gasteiger partial charge is 0.351 e. The number of amides is 3. The molecule has 12 nitrogen and oxygen atoms in total. The van der Waals surface area contributed by atoms with Crippen LogP contribution in [0.2, 0.25) is 10.0 Å². The Hall–Kier alpha value is -5.43. The van der Waals surface area contributed by atoms with Crippen LogP contribution in [0.1, 0.15) is 53.7 Å². The SMILES string of the molecule is Cc1ccc(NC(=O)C(=O)NCC(C)(C)CNC(=O)c2ccc(NC3=NC(OCc4cccc(Cl)c4)N=C(NC4(c5ccc(Cl)cc5)CC4)N3)cc2)cc1. The molecular formula is C40H42Cl2N8O4. The molecule has 54 heavy (non-hydrogen) atoms. The van der Waals surface area contributed by atoms with E-state index < -0.39 is 23.6 Å². The van der Waals surface area contributed by atoms with Gasteiger partial charge in [0, 0.05) is 40.1 Å². The highest BCUT2D eigenvalue weighted by atomic mass is 35.5. The molecule has 280 valence electrons. The van der Waals surface area contributed by atoms with Gasteiger partial charge in [-0.25, -0.2) is 0 Å². The first kappa shape index (κ1) is 38.3. The van der Waals surface area contributed by atoms with Gasteiger partial charge in [0.15, 0.2) is 0 Å². The Morgan fingerprint density at radius 3 is 2.17 bits per heavy atom. The average molecular weight is 770 g/mol. The average Bonchev–Trinajstić information content (AvgIpc) is 3.93. The number of nitrogens with one attached hydrogen (secondary N) is 6. The smallest absolute Gasteiger partial charge is 0.313 e.